The summed E-state index contributed by atoms with van der Waals surface area (Å²) in [5.41, 5.74) is 4.27. The fourth-order valence-corrected chi connectivity index (χ4v) is 3.61. The van der Waals surface area contributed by atoms with E-state index in [0.717, 1.165) is 5.56 Å². The van der Waals surface area contributed by atoms with Crippen LogP contribution in [0.2, 0.25) is 0 Å². The number of carbonyl (C=O) groups excluding carboxylic acids is 1. The third kappa shape index (κ3) is 5.83. The van der Waals surface area contributed by atoms with Gasteiger partial charge in [-0.15, -0.1) is 0 Å². The maximum atomic E-state index is 12.3. The van der Waals surface area contributed by atoms with E-state index in [-0.39, 0.29) is 23.8 Å². The number of aliphatic carboxylic acids is 1. The van der Waals surface area contributed by atoms with Crippen molar-refractivity contribution in [2.24, 2.45) is 16.6 Å². The zero-order chi connectivity index (χ0) is 22.0. The highest BCUT2D eigenvalue weighted by Crippen LogP contribution is 2.44. The summed E-state index contributed by atoms with van der Waals surface area (Å²) >= 11 is 0. The van der Waals surface area contributed by atoms with E-state index < -0.39 is 39.1 Å². The summed E-state index contributed by atoms with van der Waals surface area (Å²) in [6.45, 7) is 6.74. The van der Waals surface area contributed by atoms with Gasteiger partial charge in [-0.2, -0.15) is 0 Å². The molecule has 0 bridgehead atoms. The quantitative estimate of drug-likeness (QED) is 0.389. The van der Waals surface area contributed by atoms with E-state index in [9.17, 15) is 23.1 Å². The van der Waals surface area contributed by atoms with Crippen molar-refractivity contribution in [3.63, 3.8) is 0 Å². The molecule has 2 rings (SSSR count). The number of nitrogens with zero attached hydrogens (tertiary/aromatic N) is 1. The van der Waals surface area contributed by atoms with Crippen molar-refractivity contribution in [2.75, 3.05) is 6.54 Å². The summed E-state index contributed by atoms with van der Waals surface area (Å²) in [7, 11) is -3.90. The number of carboxylic acids is 1. The van der Waals surface area contributed by atoms with Crippen molar-refractivity contribution in [1.29, 1.82) is 0 Å². The number of ether oxygens (including phenoxy) is 1. The number of aliphatic imine (C=N–C) groups is 1. The molecule has 1 aliphatic rings. The van der Waals surface area contributed by atoms with Gasteiger partial charge in [-0.1, -0.05) is 17.7 Å². The van der Waals surface area contributed by atoms with Crippen LogP contribution in [0.15, 0.2) is 34.2 Å². The highest BCUT2D eigenvalue weighted by molar-refractivity contribution is 7.90. The Bertz CT molecular complexity index is 921. The Kier molecular flexibility index (Phi) is 6.12. The molecule has 0 unspecified atom stereocenters. The minimum absolute atomic E-state index is 0.0270. The van der Waals surface area contributed by atoms with Gasteiger partial charge in [0, 0.05) is 12.5 Å². The van der Waals surface area contributed by atoms with Crippen LogP contribution in [0, 0.1) is 12.8 Å². The van der Waals surface area contributed by atoms with E-state index in [0.29, 0.717) is 0 Å². The van der Waals surface area contributed by atoms with Crippen LogP contribution in [-0.2, 0) is 19.6 Å². The fourth-order valence-electron chi connectivity index (χ4n) is 2.66. The molecule has 2 atom stereocenters. The molecule has 0 radical (unpaired) electrons. The van der Waals surface area contributed by atoms with Crippen molar-refractivity contribution in [3.05, 3.63) is 29.8 Å². The number of sulfonamides is 1. The molecule has 1 saturated carbocycles. The Morgan fingerprint density at radius 2 is 1.90 bits per heavy atom. The van der Waals surface area contributed by atoms with Crippen molar-refractivity contribution < 1.29 is 27.9 Å². The van der Waals surface area contributed by atoms with E-state index >= 15 is 0 Å². The number of alkyl carbamates (subject to hydrolysis) is 1. The van der Waals surface area contributed by atoms with Gasteiger partial charge >= 0.3 is 12.1 Å². The molecular weight excluding hydrogens is 400 g/mol. The van der Waals surface area contributed by atoms with Crippen molar-refractivity contribution in [2.45, 2.75) is 50.2 Å². The predicted octanol–water partition coefficient (Wildman–Crippen LogP) is 0.956. The molecule has 160 valence electrons. The lowest BCUT2D eigenvalue weighted by Crippen LogP contribution is -2.47. The molecule has 10 nitrogen and oxygen atoms in total. The summed E-state index contributed by atoms with van der Waals surface area (Å²) in [6, 6.07) is 6.17. The number of hydrogen-bond donors (Lipinski definition) is 4. The van der Waals surface area contributed by atoms with Crippen molar-refractivity contribution in [1.82, 2.24) is 10.0 Å². The van der Waals surface area contributed by atoms with Gasteiger partial charge in [-0.3, -0.25) is 4.99 Å². The Morgan fingerprint density at radius 1 is 1.31 bits per heavy atom. The third-order valence-corrected chi connectivity index (χ3v) is 5.63. The summed E-state index contributed by atoms with van der Waals surface area (Å²) in [5.74, 6) is -2.13. The van der Waals surface area contributed by atoms with Crippen LogP contribution in [0.3, 0.4) is 0 Å². The van der Waals surface area contributed by atoms with E-state index in [2.05, 4.69) is 15.0 Å². The lowest BCUT2D eigenvalue weighted by Gasteiger charge is -2.22. The minimum Gasteiger partial charge on any atom is -0.479 e. The molecule has 1 aromatic rings. The molecule has 1 amide bonds. The maximum Gasteiger partial charge on any atom is 0.408 e. The molecule has 5 N–H and O–H groups in total. The molecular formula is C18H26N4O6S. The van der Waals surface area contributed by atoms with Gasteiger partial charge in [0.1, 0.15) is 11.1 Å². The van der Waals surface area contributed by atoms with Gasteiger partial charge in [-0.05, 0) is 46.2 Å². The van der Waals surface area contributed by atoms with Crippen molar-refractivity contribution in [3.8, 4) is 0 Å². The van der Waals surface area contributed by atoms with Crippen LogP contribution in [-0.4, -0.2) is 49.2 Å². The SMILES string of the molecule is Cc1ccc(S(=O)(=O)NC(N)=NC[C@@H]2C[C@@]2(NC(=O)OC(C)(C)C)C(=O)O)cc1. The lowest BCUT2D eigenvalue weighted by atomic mass is 10.2. The molecule has 1 fully saturated rings. The van der Waals surface area contributed by atoms with Crippen LogP contribution in [0.5, 0.6) is 0 Å². The summed E-state index contributed by atoms with van der Waals surface area (Å²) in [5, 5.41) is 11.8. The second-order valence-electron chi connectivity index (χ2n) is 7.95. The molecule has 0 aliphatic heterocycles. The Balaban J connectivity index is 2.00. The summed E-state index contributed by atoms with van der Waals surface area (Å²) in [6.07, 6.45) is -0.720. The van der Waals surface area contributed by atoms with Crippen LogP contribution in [0.25, 0.3) is 0 Å². The van der Waals surface area contributed by atoms with Crippen LogP contribution in [0.4, 0.5) is 4.79 Å². The molecule has 0 heterocycles. The summed E-state index contributed by atoms with van der Waals surface area (Å²) in [4.78, 5) is 27.5. The monoisotopic (exact) mass is 426 g/mol. The molecule has 0 aromatic heterocycles. The number of nitrogens with one attached hydrogen (secondary N) is 2. The van der Waals surface area contributed by atoms with Gasteiger partial charge in [0.05, 0.1) is 4.90 Å². The zero-order valence-electron chi connectivity index (χ0n) is 16.7. The van der Waals surface area contributed by atoms with Gasteiger partial charge in [0.2, 0.25) is 5.96 Å². The first-order valence-electron chi connectivity index (χ1n) is 8.89. The largest absolute Gasteiger partial charge is 0.479 e. The predicted molar refractivity (Wildman–Crippen MR) is 106 cm³/mol. The minimum atomic E-state index is -3.90. The number of nitrogens with two attached hydrogens (primary N) is 1. The van der Waals surface area contributed by atoms with Gasteiger partial charge in [0.25, 0.3) is 10.0 Å². The van der Waals surface area contributed by atoms with Gasteiger partial charge in [0.15, 0.2) is 0 Å². The van der Waals surface area contributed by atoms with Crippen LogP contribution in [0.1, 0.15) is 32.8 Å². The first-order valence-corrected chi connectivity index (χ1v) is 10.4. The Morgan fingerprint density at radius 3 is 2.41 bits per heavy atom. The molecule has 11 heteroatoms. The lowest BCUT2D eigenvalue weighted by molar-refractivity contribution is -0.141. The first-order chi connectivity index (χ1) is 13.2. The number of rotatable bonds is 6. The first kappa shape index (κ1) is 22.5. The molecule has 1 aliphatic carbocycles. The smallest absolute Gasteiger partial charge is 0.408 e. The Labute approximate surface area is 169 Å². The molecule has 1 aromatic carbocycles. The highest BCUT2D eigenvalue weighted by Gasteiger charge is 2.62. The number of guanidine groups is 1. The average molecular weight is 426 g/mol. The number of hydrogen-bond acceptors (Lipinski definition) is 6. The normalized spacial score (nSPS) is 21.9. The van der Waals surface area contributed by atoms with E-state index in [1.165, 1.54) is 12.1 Å². The highest BCUT2D eigenvalue weighted by atomic mass is 32.2. The standard InChI is InChI=1S/C18H26N4O6S/c1-11-5-7-13(8-6-11)29(26,27)22-15(19)20-10-12-9-18(12,14(23)24)21-16(25)28-17(2,3)4/h5-8,12H,9-10H2,1-4H3,(H,21,25)(H,23,24)(H3,19,20,22)/t12-,18-/m0/s1. The number of aryl methyl sites for hydroxylation is 1. The van der Waals surface area contributed by atoms with E-state index in [4.69, 9.17) is 10.5 Å². The van der Waals surface area contributed by atoms with Gasteiger partial charge < -0.3 is 20.9 Å². The number of carboxylic acid groups (broad SMARTS) is 1. The topological polar surface area (TPSA) is 160 Å². The summed E-state index contributed by atoms with van der Waals surface area (Å²) < 4.78 is 31.8. The number of carbonyl (C=O) groups is 2. The molecule has 0 spiro atoms. The second kappa shape index (κ2) is 7.90. The fraction of sp³-hybridized carbons (Fsp3) is 0.500. The van der Waals surface area contributed by atoms with Crippen LogP contribution >= 0.6 is 0 Å². The van der Waals surface area contributed by atoms with Crippen molar-refractivity contribution >= 4 is 28.0 Å². The Hall–Kier alpha value is -2.82. The average Bonchev–Trinajstić information content (AvgIpc) is 3.25. The number of amides is 1. The molecule has 0 saturated heterocycles. The zero-order valence-corrected chi connectivity index (χ0v) is 17.5. The van der Waals surface area contributed by atoms with Gasteiger partial charge in [-0.25, -0.2) is 22.7 Å². The molecule has 29 heavy (non-hydrogen) atoms. The maximum absolute atomic E-state index is 12.3. The van der Waals surface area contributed by atoms with Crippen LogP contribution < -0.4 is 15.8 Å². The van der Waals surface area contributed by atoms with E-state index in [1.807, 2.05) is 6.92 Å². The van der Waals surface area contributed by atoms with E-state index in [1.54, 1.807) is 32.9 Å². The third-order valence-electron chi connectivity index (χ3n) is 4.26. The number of benzene rings is 1. The second-order valence-corrected chi connectivity index (χ2v) is 9.63.